The van der Waals surface area contributed by atoms with Crippen LogP contribution in [0.15, 0.2) is 24.3 Å². The summed E-state index contributed by atoms with van der Waals surface area (Å²) >= 11 is 0. The first-order valence-corrected chi connectivity index (χ1v) is 7.70. The molecule has 21 heavy (non-hydrogen) atoms. The van der Waals surface area contributed by atoms with Crippen molar-refractivity contribution in [2.75, 3.05) is 26.2 Å². The maximum atomic E-state index is 12.4. The van der Waals surface area contributed by atoms with Gasteiger partial charge in [-0.1, -0.05) is 12.1 Å². The Labute approximate surface area is 125 Å². The Morgan fingerprint density at radius 3 is 2.38 bits per heavy atom. The van der Waals surface area contributed by atoms with Crippen molar-refractivity contribution in [1.82, 2.24) is 9.80 Å². The summed E-state index contributed by atoms with van der Waals surface area (Å²) in [5, 5.41) is 9.27. The molecule has 1 heterocycles. The van der Waals surface area contributed by atoms with Crippen molar-refractivity contribution in [3.63, 3.8) is 0 Å². The normalized spacial score (nSPS) is 21.3. The Morgan fingerprint density at radius 1 is 1.19 bits per heavy atom. The maximum absolute atomic E-state index is 12.4. The van der Waals surface area contributed by atoms with Gasteiger partial charge in [0.25, 0.3) is 0 Å². The van der Waals surface area contributed by atoms with Crippen molar-refractivity contribution in [3.8, 4) is 5.75 Å². The van der Waals surface area contributed by atoms with E-state index in [9.17, 15) is 9.90 Å². The molecule has 0 radical (unpaired) electrons. The fourth-order valence-corrected chi connectivity index (χ4v) is 2.95. The Bertz CT molecular complexity index is 491. The van der Waals surface area contributed by atoms with Crippen molar-refractivity contribution in [2.24, 2.45) is 5.73 Å². The van der Waals surface area contributed by atoms with Crippen LogP contribution in [0.4, 0.5) is 0 Å². The third-order valence-electron chi connectivity index (χ3n) is 4.40. The number of amides is 1. The van der Waals surface area contributed by atoms with Crippen molar-refractivity contribution >= 4 is 5.91 Å². The number of hydrogen-bond acceptors (Lipinski definition) is 4. The summed E-state index contributed by atoms with van der Waals surface area (Å²) in [5.74, 6) is 0.272. The van der Waals surface area contributed by atoms with Gasteiger partial charge in [0.2, 0.25) is 5.91 Å². The van der Waals surface area contributed by atoms with Gasteiger partial charge in [-0.2, -0.15) is 0 Å². The number of phenolic OH excluding ortho intramolecular Hbond substituents is 1. The molecule has 1 saturated carbocycles. The Balaban J connectivity index is 1.51. The molecule has 114 valence electrons. The largest absolute Gasteiger partial charge is 0.508 e. The summed E-state index contributed by atoms with van der Waals surface area (Å²) in [6.45, 7) is 3.53. The highest BCUT2D eigenvalue weighted by atomic mass is 16.3. The molecule has 1 aliphatic heterocycles. The Hall–Kier alpha value is -1.59. The number of nitrogens with zero attached hydrogens (tertiary/aromatic N) is 2. The van der Waals surface area contributed by atoms with Gasteiger partial charge in [-0.05, 0) is 37.0 Å². The minimum Gasteiger partial charge on any atom is -0.508 e. The quantitative estimate of drug-likeness (QED) is 0.850. The van der Waals surface area contributed by atoms with Crippen LogP contribution < -0.4 is 5.73 Å². The highest BCUT2D eigenvalue weighted by molar-refractivity contribution is 5.82. The van der Waals surface area contributed by atoms with E-state index in [0.717, 1.165) is 37.8 Å². The lowest BCUT2D eigenvalue weighted by atomic mass is 10.0. The highest BCUT2D eigenvalue weighted by Crippen LogP contribution is 2.27. The maximum Gasteiger partial charge on any atom is 0.239 e. The van der Waals surface area contributed by atoms with Crippen molar-refractivity contribution in [2.45, 2.75) is 31.3 Å². The van der Waals surface area contributed by atoms with Crippen LogP contribution in [0, 0.1) is 0 Å². The lowest BCUT2D eigenvalue weighted by molar-refractivity contribution is -0.134. The zero-order chi connectivity index (χ0) is 14.8. The molecule has 3 N–H and O–H groups in total. The molecular weight excluding hydrogens is 266 g/mol. The molecule has 3 rings (SSSR count). The highest BCUT2D eigenvalue weighted by Gasteiger charge is 2.33. The van der Waals surface area contributed by atoms with Crippen LogP contribution in [-0.4, -0.2) is 59.1 Å². The number of benzene rings is 1. The molecule has 1 aromatic rings. The van der Waals surface area contributed by atoms with E-state index in [4.69, 9.17) is 5.73 Å². The van der Waals surface area contributed by atoms with Gasteiger partial charge in [0.15, 0.2) is 0 Å². The van der Waals surface area contributed by atoms with E-state index in [1.165, 1.54) is 12.8 Å². The van der Waals surface area contributed by atoms with E-state index in [1.807, 2.05) is 17.0 Å². The summed E-state index contributed by atoms with van der Waals surface area (Å²) in [5.41, 5.74) is 7.03. The van der Waals surface area contributed by atoms with Crippen LogP contribution in [-0.2, 0) is 11.2 Å². The molecule has 0 bridgehead atoms. The van der Waals surface area contributed by atoms with Crippen molar-refractivity contribution < 1.29 is 9.90 Å². The summed E-state index contributed by atoms with van der Waals surface area (Å²) in [6.07, 6.45) is 3.14. The molecular formula is C16H23N3O2. The first-order chi connectivity index (χ1) is 10.1. The van der Waals surface area contributed by atoms with E-state index in [-0.39, 0.29) is 11.7 Å². The SMILES string of the molecule is NC(Cc1ccc(O)cc1)C(=O)N1CCN(C2CC2)CC1. The zero-order valence-electron chi connectivity index (χ0n) is 12.2. The molecule has 5 nitrogen and oxygen atoms in total. The number of hydrogen-bond donors (Lipinski definition) is 2. The zero-order valence-corrected chi connectivity index (χ0v) is 12.2. The second-order valence-electron chi connectivity index (χ2n) is 6.07. The third-order valence-corrected chi connectivity index (χ3v) is 4.40. The van der Waals surface area contributed by atoms with Crippen LogP contribution in [0.2, 0.25) is 0 Å². The number of nitrogens with two attached hydrogens (primary N) is 1. The second kappa shape index (κ2) is 6.03. The van der Waals surface area contributed by atoms with Gasteiger partial charge >= 0.3 is 0 Å². The monoisotopic (exact) mass is 289 g/mol. The molecule has 5 heteroatoms. The molecule has 1 aliphatic carbocycles. The van der Waals surface area contributed by atoms with Gasteiger partial charge in [0.1, 0.15) is 5.75 Å². The van der Waals surface area contributed by atoms with Gasteiger partial charge in [-0.3, -0.25) is 9.69 Å². The van der Waals surface area contributed by atoms with Crippen molar-refractivity contribution in [3.05, 3.63) is 29.8 Å². The number of carbonyl (C=O) groups is 1. The minimum absolute atomic E-state index is 0.0403. The fourth-order valence-electron chi connectivity index (χ4n) is 2.95. The number of piperazine rings is 1. The average Bonchev–Trinajstić information content (AvgIpc) is 3.34. The lowest BCUT2D eigenvalue weighted by Crippen LogP contribution is -2.54. The molecule has 1 aromatic carbocycles. The average molecular weight is 289 g/mol. The Morgan fingerprint density at radius 2 is 1.81 bits per heavy atom. The van der Waals surface area contributed by atoms with E-state index in [2.05, 4.69) is 4.90 Å². The number of rotatable bonds is 4. The molecule has 0 aromatic heterocycles. The summed E-state index contributed by atoms with van der Waals surface area (Å²) in [6, 6.07) is 7.15. The predicted molar refractivity (Wildman–Crippen MR) is 81.0 cm³/mol. The summed E-state index contributed by atoms with van der Waals surface area (Å²) < 4.78 is 0. The van der Waals surface area contributed by atoms with Crippen LogP contribution in [0.1, 0.15) is 18.4 Å². The van der Waals surface area contributed by atoms with E-state index < -0.39 is 6.04 Å². The molecule has 0 spiro atoms. The van der Waals surface area contributed by atoms with Crippen LogP contribution in [0.3, 0.4) is 0 Å². The van der Waals surface area contributed by atoms with E-state index in [1.54, 1.807) is 12.1 Å². The second-order valence-corrected chi connectivity index (χ2v) is 6.07. The molecule has 1 unspecified atom stereocenters. The molecule has 2 aliphatic rings. The lowest BCUT2D eigenvalue weighted by Gasteiger charge is -2.36. The van der Waals surface area contributed by atoms with Gasteiger partial charge in [0.05, 0.1) is 6.04 Å². The Kier molecular flexibility index (Phi) is 4.12. The van der Waals surface area contributed by atoms with Gasteiger partial charge < -0.3 is 15.7 Å². The predicted octanol–water partition coefficient (Wildman–Crippen LogP) is 0.569. The third kappa shape index (κ3) is 3.54. The smallest absolute Gasteiger partial charge is 0.239 e. The van der Waals surface area contributed by atoms with Crippen LogP contribution in [0.5, 0.6) is 5.75 Å². The summed E-state index contributed by atoms with van der Waals surface area (Å²) in [4.78, 5) is 16.8. The summed E-state index contributed by atoms with van der Waals surface area (Å²) in [7, 11) is 0. The van der Waals surface area contributed by atoms with E-state index in [0.29, 0.717) is 6.42 Å². The first kappa shape index (κ1) is 14.4. The van der Waals surface area contributed by atoms with Crippen LogP contribution >= 0.6 is 0 Å². The first-order valence-electron chi connectivity index (χ1n) is 7.70. The van der Waals surface area contributed by atoms with Crippen molar-refractivity contribution in [1.29, 1.82) is 0 Å². The van der Waals surface area contributed by atoms with Gasteiger partial charge in [0, 0.05) is 32.2 Å². The molecule has 1 amide bonds. The van der Waals surface area contributed by atoms with Gasteiger partial charge in [-0.25, -0.2) is 0 Å². The fraction of sp³-hybridized carbons (Fsp3) is 0.562. The van der Waals surface area contributed by atoms with Gasteiger partial charge in [-0.15, -0.1) is 0 Å². The molecule has 1 atom stereocenters. The standard InChI is InChI=1S/C16H23N3O2/c17-15(11-12-1-5-14(20)6-2-12)16(21)19-9-7-18(8-10-19)13-3-4-13/h1-2,5-6,13,15,20H,3-4,7-11,17H2. The molecule has 2 fully saturated rings. The number of aromatic hydroxyl groups is 1. The minimum atomic E-state index is -0.498. The van der Waals surface area contributed by atoms with Crippen LogP contribution in [0.25, 0.3) is 0 Å². The topological polar surface area (TPSA) is 69.8 Å². The number of carbonyl (C=O) groups excluding carboxylic acids is 1. The molecule has 1 saturated heterocycles. The number of phenols is 1. The van der Waals surface area contributed by atoms with E-state index >= 15 is 0 Å².